The number of para-hydroxylation sites is 1. The van der Waals surface area contributed by atoms with E-state index in [2.05, 4.69) is 5.16 Å². The maximum absolute atomic E-state index is 13.7. The fourth-order valence-electron chi connectivity index (χ4n) is 4.31. The van der Waals surface area contributed by atoms with Gasteiger partial charge >= 0.3 is 0 Å². The number of benzene rings is 3. The first kappa shape index (κ1) is 21.2. The fourth-order valence-corrected chi connectivity index (χ4v) is 4.94. The van der Waals surface area contributed by atoms with E-state index in [0.717, 1.165) is 11.8 Å². The molecule has 0 N–H and O–H groups in total. The fraction of sp³-hybridized carbons (Fsp3) is 0.200. The SMILES string of the molecule is COc1ccc(C2=NOC3(COc4ccccc4C3=O)C2c2ccc(S(C)(=O)=O)cc2)cc1. The van der Waals surface area contributed by atoms with Gasteiger partial charge in [-0.25, -0.2) is 8.42 Å². The number of Topliss-reactive ketones (excluding diaryl/α,β-unsaturated/α-hetero) is 1. The van der Waals surface area contributed by atoms with Gasteiger partial charge in [0, 0.05) is 11.8 Å². The van der Waals surface area contributed by atoms with Gasteiger partial charge in [0.15, 0.2) is 9.84 Å². The van der Waals surface area contributed by atoms with Gasteiger partial charge in [-0.1, -0.05) is 29.4 Å². The van der Waals surface area contributed by atoms with Crippen molar-refractivity contribution >= 4 is 21.3 Å². The molecule has 0 aromatic heterocycles. The first-order valence-corrected chi connectivity index (χ1v) is 12.2. The van der Waals surface area contributed by atoms with Crippen LogP contribution in [0.4, 0.5) is 0 Å². The molecule has 2 aliphatic heterocycles. The van der Waals surface area contributed by atoms with Crippen LogP contribution in [0.2, 0.25) is 0 Å². The lowest BCUT2D eigenvalue weighted by atomic mass is 9.73. The summed E-state index contributed by atoms with van der Waals surface area (Å²) in [6.07, 6.45) is 1.15. The predicted molar refractivity (Wildman–Crippen MR) is 122 cm³/mol. The van der Waals surface area contributed by atoms with Crippen molar-refractivity contribution in [2.24, 2.45) is 5.16 Å². The van der Waals surface area contributed by atoms with E-state index < -0.39 is 21.4 Å². The van der Waals surface area contributed by atoms with Crippen LogP contribution in [0.1, 0.15) is 27.4 Å². The number of methoxy groups -OCH3 is 1. The van der Waals surface area contributed by atoms with Crippen molar-refractivity contribution in [1.82, 2.24) is 0 Å². The molecule has 0 saturated heterocycles. The summed E-state index contributed by atoms with van der Waals surface area (Å²) in [5.41, 5.74) is 1.03. The first-order chi connectivity index (χ1) is 15.8. The van der Waals surface area contributed by atoms with Crippen LogP contribution in [-0.2, 0) is 14.7 Å². The molecule has 168 valence electrons. The molecule has 3 aromatic carbocycles. The quantitative estimate of drug-likeness (QED) is 0.587. The highest BCUT2D eigenvalue weighted by Crippen LogP contribution is 2.46. The highest BCUT2D eigenvalue weighted by molar-refractivity contribution is 7.90. The first-order valence-electron chi connectivity index (χ1n) is 10.3. The van der Waals surface area contributed by atoms with Gasteiger partial charge in [0.25, 0.3) is 0 Å². The van der Waals surface area contributed by atoms with E-state index >= 15 is 0 Å². The van der Waals surface area contributed by atoms with E-state index in [-0.39, 0.29) is 17.3 Å². The van der Waals surface area contributed by atoms with Gasteiger partial charge in [-0.3, -0.25) is 4.79 Å². The Morgan fingerprint density at radius 2 is 1.70 bits per heavy atom. The number of carbonyl (C=O) groups is 1. The molecule has 3 aromatic rings. The Balaban J connectivity index is 1.64. The number of hydrogen-bond donors (Lipinski definition) is 0. The average Bonchev–Trinajstić information content (AvgIpc) is 3.21. The van der Waals surface area contributed by atoms with Crippen LogP contribution < -0.4 is 9.47 Å². The monoisotopic (exact) mass is 463 g/mol. The van der Waals surface area contributed by atoms with E-state index in [0.29, 0.717) is 28.3 Å². The van der Waals surface area contributed by atoms with Crippen LogP contribution in [0, 0.1) is 0 Å². The van der Waals surface area contributed by atoms with Gasteiger partial charge in [-0.15, -0.1) is 0 Å². The highest BCUT2D eigenvalue weighted by atomic mass is 32.2. The second-order valence-corrected chi connectivity index (χ2v) is 10.1. The van der Waals surface area contributed by atoms with Crippen LogP contribution in [0.15, 0.2) is 82.8 Å². The minimum absolute atomic E-state index is 0.0233. The molecular formula is C25H21NO6S. The minimum Gasteiger partial charge on any atom is -0.497 e. The predicted octanol–water partition coefficient (Wildman–Crippen LogP) is 3.63. The number of oxime groups is 1. The lowest BCUT2D eigenvalue weighted by molar-refractivity contribution is -0.0431. The summed E-state index contributed by atoms with van der Waals surface area (Å²) in [6.45, 7) is -0.0233. The molecule has 0 aliphatic carbocycles. The zero-order chi connectivity index (χ0) is 23.2. The molecule has 0 bridgehead atoms. The Kier molecular flexibility index (Phi) is 4.97. The number of carbonyl (C=O) groups excluding carboxylic acids is 1. The van der Waals surface area contributed by atoms with Crippen molar-refractivity contribution in [1.29, 1.82) is 0 Å². The van der Waals surface area contributed by atoms with Crippen molar-refractivity contribution in [3.63, 3.8) is 0 Å². The summed E-state index contributed by atoms with van der Waals surface area (Å²) < 4.78 is 35.1. The molecule has 2 unspecified atom stereocenters. The molecule has 2 heterocycles. The maximum atomic E-state index is 13.7. The largest absolute Gasteiger partial charge is 0.497 e. The van der Waals surface area contributed by atoms with E-state index in [1.807, 2.05) is 12.1 Å². The Bertz CT molecular complexity index is 1360. The molecule has 7 nitrogen and oxygen atoms in total. The van der Waals surface area contributed by atoms with Crippen molar-refractivity contribution in [3.8, 4) is 11.5 Å². The van der Waals surface area contributed by atoms with E-state index in [1.165, 1.54) is 12.1 Å². The average molecular weight is 464 g/mol. The van der Waals surface area contributed by atoms with E-state index in [9.17, 15) is 13.2 Å². The second kappa shape index (κ2) is 7.74. The number of hydrogen-bond acceptors (Lipinski definition) is 7. The molecule has 0 radical (unpaired) electrons. The molecule has 0 saturated carbocycles. The van der Waals surface area contributed by atoms with Crippen molar-refractivity contribution in [2.45, 2.75) is 16.4 Å². The van der Waals surface area contributed by atoms with Crippen LogP contribution in [-0.4, -0.2) is 45.5 Å². The third kappa shape index (κ3) is 3.47. The number of ketones is 1. The van der Waals surface area contributed by atoms with Crippen molar-refractivity contribution < 1.29 is 27.5 Å². The van der Waals surface area contributed by atoms with Crippen molar-refractivity contribution in [3.05, 3.63) is 89.5 Å². The van der Waals surface area contributed by atoms with Gasteiger partial charge in [-0.05, 0) is 54.1 Å². The molecule has 2 aliphatic rings. The van der Waals surface area contributed by atoms with Gasteiger partial charge < -0.3 is 14.3 Å². The zero-order valence-electron chi connectivity index (χ0n) is 18.0. The third-order valence-electron chi connectivity index (χ3n) is 6.03. The molecule has 8 heteroatoms. The van der Waals surface area contributed by atoms with Gasteiger partial charge in [0.05, 0.1) is 29.2 Å². The lowest BCUT2D eigenvalue weighted by Gasteiger charge is -2.35. The number of ether oxygens (including phenoxy) is 2. The van der Waals surface area contributed by atoms with Crippen LogP contribution in [0.25, 0.3) is 0 Å². The summed E-state index contributed by atoms with van der Waals surface area (Å²) >= 11 is 0. The lowest BCUT2D eigenvalue weighted by Crippen LogP contribution is -2.52. The Morgan fingerprint density at radius 1 is 1.00 bits per heavy atom. The van der Waals surface area contributed by atoms with Crippen LogP contribution in [0.3, 0.4) is 0 Å². The minimum atomic E-state index is -3.37. The van der Waals surface area contributed by atoms with Crippen LogP contribution >= 0.6 is 0 Å². The van der Waals surface area contributed by atoms with Crippen molar-refractivity contribution in [2.75, 3.05) is 20.0 Å². The van der Waals surface area contributed by atoms with E-state index in [1.54, 1.807) is 55.6 Å². The number of fused-ring (bicyclic) bond motifs is 1. The summed E-state index contributed by atoms with van der Waals surface area (Å²) in [6, 6.07) is 20.8. The van der Waals surface area contributed by atoms with Gasteiger partial charge in [-0.2, -0.15) is 0 Å². The molecule has 33 heavy (non-hydrogen) atoms. The standard InChI is InChI=1S/C25H21NO6S/c1-30-18-11-7-17(8-12-18)23-22(16-9-13-19(14-10-16)33(2,28)29)25(32-26-23)15-31-21-6-4-3-5-20(21)24(25)27/h3-14,22H,15H2,1-2H3. The summed E-state index contributed by atoms with van der Waals surface area (Å²) in [4.78, 5) is 19.8. The van der Waals surface area contributed by atoms with Gasteiger partial charge in [0.1, 0.15) is 18.1 Å². The second-order valence-electron chi connectivity index (χ2n) is 8.07. The third-order valence-corrected chi connectivity index (χ3v) is 7.16. The van der Waals surface area contributed by atoms with E-state index in [4.69, 9.17) is 14.3 Å². The molecule has 1 spiro atoms. The maximum Gasteiger partial charge on any atom is 0.245 e. The normalized spacial score (nSPS) is 21.7. The smallest absolute Gasteiger partial charge is 0.245 e. The Hall–Kier alpha value is -3.65. The number of rotatable bonds is 4. The molecule has 5 rings (SSSR count). The zero-order valence-corrected chi connectivity index (χ0v) is 18.8. The molecule has 0 amide bonds. The summed E-state index contributed by atoms with van der Waals surface area (Å²) in [5.74, 6) is 0.350. The highest BCUT2D eigenvalue weighted by Gasteiger charge is 2.59. The molecule has 0 fully saturated rings. The number of nitrogens with zero attached hydrogens (tertiary/aromatic N) is 1. The molecule has 2 atom stereocenters. The van der Waals surface area contributed by atoms with Gasteiger partial charge in [0.2, 0.25) is 11.4 Å². The Morgan fingerprint density at radius 3 is 2.36 bits per heavy atom. The topological polar surface area (TPSA) is 91.3 Å². The molecular weight excluding hydrogens is 442 g/mol. The van der Waals surface area contributed by atoms with Crippen LogP contribution in [0.5, 0.6) is 11.5 Å². The summed E-state index contributed by atoms with van der Waals surface area (Å²) in [5, 5.41) is 4.35. The Labute approximate surface area is 191 Å². The summed E-state index contributed by atoms with van der Waals surface area (Å²) in [7, 11) is -1.78. The number of sulfone groups is 1.